The lowest BCUT2D eigenvalue weighted by Crippen LogP contribution is -1.90. The summed E-state index contributed by atoms with van der Waals surface area (Å²) in [5, 5.41) is 0. The van der Waals surface area contributed by atoms with Crippen LogP contribution < -0.4 is 9.47 Å². The average Bonchev–Trinajstić information content (AvgIpc) is 2.39. The van der Waals surface area contributed by atoms with E-state index in [0.29, 0.717) is 0 Å². The molecular weight excluding hydrogens is 212 g/mol. The molecule has 0 bridgehead atoms. The first-order valence-corrected chi connectivity index (χ1v) is 5.39. The van der Waals surface area contributed by atoms with Crippen LogP contribution in [0.3, 0.4) is 0 Å². The van der Waals surface area contributed by atoms with Gasteiger partial charge in [0.05, 0.1) is 14.2 Å². The van der Waals surface area contributed by atoms with E-state index in [9.17, 15) is 0 Å². The summed E-state index contributed by atoms with van der Waals surface area (Å²) in [4.78, 5) is 0. The molecule has 87 valence electrons. The van der Waals surface area contributed by atoms with Crippen molar-refractivity contribution in [3.8, 4) is 22.6 Å². The Kier molecular flexibility index (Phi) is 3.33. The Labute approximate surface area is 102 Å². The maximum Gasteiger partial charge on any atom is 0.126 e. The van der Waals surface area contributed by atoms with Crippen LogP contribution >= 0.6 is 0 Å². The summed E-state index contributed by atoms with van der Waals surface area (Å²) in [5.41, 5.74) is 3.11. The number of rotatable bonds is 3. The largest absolute Gasteiger partial charge is 0.497 e. The summed E-state index contributed by atoms with van der Waals surface area (Å²) in [7, 11) is 3.33. The van der Waals surface area contributed by atoms with Crippen LogP contribution in [0.1, 0.15) is 5.56 Å². The summed E-state index contributed by atoms with van der Waals surface area (Å²) >= 11 is 0. The highest BCUT2D eigenvalue weighted by atomic mass is 16.5. The van der Waals surface area contributed by atoms with Gasteiger partial charge in [0, 0.05) is 5.56 Å². The molecule has 0 heterocycles. The molecule has 0 spiro atoms. The molecule has 0 atom stereocenters. The Morgan fingerprint density at radius 3 is 2.18 bits per heavy atom. The molecule has 1 radical (unpaired) electrons. The monoisotopic (exact) mass is 227 g/mol. The van der Waals surface area contributed by atoms with E-state index in [-0.39, 0.29) is 0 Å². The standard InChI is InChI=1S/C15H15O2/c1-11-4-6-12(7-5-11)14-10-13(16-2)8-9-15(14)17-3/h4-10H,1H2,2-3H3. The number of benzene rings is 2. The minimum absolute atomic E-state index is 0.819. The van der Waals surface area contributed by atoms with Crippen molar-refractivity contribution in [3.05, 3.63) is 55.0 Å². The number of hydrogen-bond acceptors (Lipinski definition) is 2. The first-order chi connectivity index (χ1) is 8.24. The zero-order valence-corrected chi connectivity index (χ0v) is 10.1. The summed E-state index contributed by atoms with van der Waals surface area (Å²) in [6.45, 7) is 3.88. The fourth-order valence-corrected chi connectivity index (χ4v) is 1.72. The van der Waals surface area contributed by atoms with Gasteiger partial charge in [-0.25, -0.2) is 0 Å². The summed E-state index contributed by atoms with van der Waals surface area (Å²) in [6, 6.07) is 13.8. The van der Waals surface area contributed by atoms with E-state index in [1.807, 2.05) is 42.5 Å². The molecule has 0 N–H and O–H groups in total. The van der Waals surface area contributed by atoms with Crippen LogP contribution in [-0.2, 0) is 0 Å². The van der Waals surface area contributed by atoms with Gasteiger partial charge in [-0.05, 0) is 36.2 Å². The predicted molar refractivity (Wildman–Crippen MR) is 69.4 cm³/mol. The third-order valence-corrected chi connectivity index (χ3v) is 2.67. The summed E-state index contributed by atoms with van der Waals surface area (Å²) < 4.78 is 10.6. The zero-order valence-electron chi connectivity index (χ0n) is 10.1. The number of methoxy groups -OCH3 is 2. The van der Waals surface area contributed by atoms with E-state index in [1.165, 1.54) is 0 Å². The molecule has 0 fully saturated rings. The van der Waals surface area contributed by atoms with Crippen molar-refractivity contribution in [1.82, 2.24) is 0 Å². The van der Waals surface area contributed by atoms with Crippen LogP contribution in [-0.4, -0.2) is 14.2 Å². The van der Waals surface area contributed by atoms with E-state index >= 15 is 0 Å². The molecule has 17 heavy (non-hydrogen) atoms. The van der Waals surface area contributed by atoms with Crippen molar-refractivity contribution in [1.29, 1.82) is 0 Å². The fraction of sp³-hybridized carbons (Fsp3) is 0.133. The van der Waals surface area contributed by atoms with Gasteiger partial charge in [-0.2, -0.15) is 0 Å². The molecule has 0 aliphatic heterocycles. The van der Waals surface area contributed by atoms with Crippen LogP contribution in [0.5, 0.6) is 11.5 Å². The Morgan fingerprint density at radius 1 is 0.882 bits per heavy atom. The van der Waals surface area contributed by atoms with E-state index < -0.39 is 0 Å². The van der Waals surface area contributed by atoms with Crippen LogP contribution in [0.2, 0.25) is 0 Å². The second-order valence-electron chi connectivity index (χ2n) is 3.76. The van der Waals surface area contributed by atoms with Crippen LogP contribution in [0, 0.1) is 6.92 Å². The SMILES string of the molecule is [CH2]c1ccc(-c2cc(OC)ccc2OC)cc1. The molecule has 0 aliphatic carbocycles. The van der Waals surface area contributed by atoms with Crippen molar-refractivity contribution in [3.63, 3.8) is 0 Å². The molecule has 0 unspecified atom stereocenters. The van der Waals surface area contributed by atoms with Gasteiger partial charge in [0.25, 0.3) is 0 Å². The Bertz CT molecular complexity index is 501. The third-order valence-electron chi connectivity index (χ3n) is 2.67. The van der Waals surface area contributed by atoms with E-state index in [4.69, 9.17) is 9.47 Å². The second kappa shape index (κ2) is 4.91. The zero-order chi connectivity index (χ0) is 12.3. The van der Waals surface area contributed by atoms with Crippen molar-refractivity contribution in [2.45, 2.75) is 0 Å². The average molecular weight is 227 g/mol. The van der Waals surface area contributed by atoms with Gasteiger partial charge < -0.3 is 9.47 Å². The normalized spacial score (nSPS) is 10.1. The summed E-state index contributed by atoms with van der Waals surface area (Å²) in [6.07, 6.45) is 0. The molecule has 0 saturated heterocycles. The van der Waals surface area contributed by atoms with Crippen LogP contribution in [0.4, 0.5) is 0 Å². The smallest absolute Gasteiger partial charge is 0.126 e. The van der Waals surface area contributed by atoms with Crippen molar-refractivity contribution in [2.24, 2.45) is 0 Å². The van der Waals surface area contributed by atoms with E-state index in [0.717, 1.165) is 28.2 Å². The lowest BCUT2D eigenvalue weighted by Gasteiger charge is -2.10. The molecule has 2 nitrogen and oxygen atoms in total. The van der Waals surface area contributed by atoms with Crippen molar-refractivity contribution >= 4 is 0 Å². The fourth-order valence-electron chi connectivity index (χ4n) is 1.72. The van der Waals surface area contributed by atoms with Gasteiger partial charge in [-0.1, -0.05) is 24.3 Å². The molecule has 2 heteroatoms. The number of ether oxygens (including phenoxy) is 2. The van der Waals surface area contributed by atoms with Crippen molar-refractivity contribution < 1.29 is 9.47 Å². The van der Waals surface area contributed by atoms with E-state index in [1.54, 1.807) is 14.2 Å². The molecule has 2 aromatic carbocycles. The first-order valence-electron chi connectivity index (χ1n) is 5.39. The quantitative estimate of drug-likeness (QED) is 0.798. The maximum absolute atomic E-state index is 5.36. The van der Waals surface area contributed by atoms with Gasteiger partial charge in [0.1, 0.15) is 11.5 Å². The Morgan fingerprint density at radius 2 is 1.59 bits per heavy atom. The highest BCUT2D eigenvalue weighted by molar-refractivity contribution is 5.72. The molecule has 0 saturated carbocycles. The highest BCUT2D eigenvalue weighted by Gasteiger charge is 2.07. The summed E-state index contributed by atoms with van der Waals surface area (Å²) in [5.74, 6) is 1.65. The molecule has 0 aliphatic rings. The van der Waals surface area contributed by atoms with Gasteiger partial charge in [-0.3, -0.25) is 0 Å². The predicted octanol–water partition coefficient (Wildman–Crippen LogP) is 3.55. The first kappa shape index (κ1) is 11.5. The minimum atomic E-state index is 0.819. The van der Waals surface area contributed by atoms with Crippen LogP contribution in [0.25, 0.3) is 11.1 Å². The van der Waals surface area contributed by atoms with E-state index in [2.05, 4.69) is 6.92 Å². The molecule has 2 rings (SSSR count). The van der Waals surface area contributed by atoms with Crippen molar-refractivity contribution in [2.75, 3.05) is 14.2 Å². The third kappa shape index (κ3) is 2.41. The lowest BCUT2D eigenvalue weighted by atomic mass is 10.0. The van der Waals surface area contributed by atoms with Gasteiger partial charge in [-0.15, -0.1) is 0 Å². The number of hydrogen-bond donors (Lipinski definition) is 0. The Hall–Kier alpha value is -1.96. The lowest BCUT2D eigenvalue weighted by molar-refractivity contribution is 0.404. The second-order valence-corrected chi connectivity index (χ2v) is 3.76. The van der Waals surface area contributed by atoms with Gasteiger partial charge in [0.2, 0.25) is 0 Å². The topological polar surface area (TPSA) is 18.5 Å². The van der Waals surface area contributed by atoms with Gasteiger partial charge in [0.15, 0.2) is 0 Å². The minimum Gasteiger partial charge on any atom is -0.497 e. The maximum atomic E-state index is 5.36. The van der Waals surface area contributed by atoms with Gasteiger partial charge >= 0.3 is 0 Å². The molecule has 2 aromatic rings. The molecular formula is C15H15O2. The molecule has 0 amide bonds. The molecule has 0 aromatic heterocycles. The van der Waals surface area contributed by atoms with Crippen LogP contribution in [0.15, 0.2) is 42.5 Å². The highest BCUT2D eigenvalue weighted by Crippen LogP contribution is 2.33. The Balaban J connectivity index is 2.51.